The second kappa shape index (κ2) is 6.54. The molecule has 110 valence electrons. The van der Waals surface area contributed by atoms with Crippen molar-refractivity contribution in [3.63, 3.8) is 0 Å². The van der Waals surface area contributed by atoms with Crippen LogP contribution in [0.4, 0.5) is 10.1 Å². The second-order valence-corrected chi connectivity index (χ2v) is 5.02. The van der Waals surface area contributed by atoms with Crippen molar-refractivity contribution in [2.24, 2.45) is 0 Å². The van der Waals surface area contributed by atoms with Gasteiger partial charge in [-0.2, -0.15) is 0 Å². The Morgan fingerprint density at radius 3 is 2.67 bits per heavy atom. The Morgan fingerprint density at radius 2 is 2.10 bits per heavy atom. The zero-order valence-corrected chi connectivity index (χ0v) is 12.3. The highest BCUT2D eigenvalue weighted by Crippen LogP contribution is 2.20. The molecule has 0 saturated carbocycles. The fourth-order valence-corrected chi connectivity index (χ4v) is 1.76. The highest BCUT2D eigenvalue weighted by atomic mass is 35.5. The topological polar surface area (TPSA) is 51.2 Å². The largest absolute Gasteiger partial charge is 0.488 e. The Kier molecular flexibility index (Phi) is 4.75. The third-order valence-electron chi connectivity index (χ3n) is 2.54. The third kappa shape index (κ3) is 4.16. The van der Waals surface area contributed by atoms with E-state index in [9.17, 15) is 9.18 Å². The molecular weight excluding hydrogens is 295 g/mol. The lowest BCUT2D eigenvalue weighted by Crippen LogP contribution is -2.13. The van der Waals surface area contributed by atoms with E-state index in [1.54, 1.807) is 26.0 Å². The van der Waals surface area contributed by atoms with Crippen LogP contribution in [0.15, 0.2) is 36.5 Å². The number of anilines is 1. The van der Waals surface area contributed by atoms with E-state index in [4.69, 9.17) is 16.3 Å². The molecule has 1 N–H and O–H groups in total. The molecule has 1 aromatic carbocycles. The highest BCUT2D eigenvalue weighted by Gasteiger charge is 2.12. The number of hydrogen-bond donors (Lipinski definition) is 1. The van der Waals surface area contributed by atoms with Gasteiger partial charge in [0.15, 0.2) is 11.6 Å². The molecule has 0 bridgehead atoms. The fraction of sp³-hybridized carbons (Fsp3) is 0.200. The lowest BCUT2D eigenvalue weighted by molar-refractivity contribution is 0.102. The maximum absolute atomic E-state index is 13.8. The molecule has 1 amide bonds. The lowest BCUT2D eigenvalue weighted by Gasteiger charge is -2.11. The highest BCUT2D eigenvalue weighted by molar-refractivity contribution is 6.29. The summed E-state index contributed by atoms with van der Waals surface area (Å²) in [6, 6.07) is 7.23. The molecule has 0 spiro atoms. The van der Waals surface area contributed by atoms with E-state index in [0.29, 0.717) is 10.8 Å². The van der Waals surface area contributed by atoms with E-state index in [0.717, 1.165) is 6.07 Å². The third-order valence-corrected chi connectivity index (χ3v) is 2.77. The van der Waals surface area contributed by atoms with Crippen LogP contribution in [0.2, 0.25) is 5.15 Å². The number of hydrogen-bond acceptors (Lipinski definition) is 3. The average Bonchev–Trinajstić information content (AvgIpc) is 2.43. The van der Waals surface area contributed by atoms with Crippen molar-refractivity contribution in [3.05, 3.63) is 53.1 Å². The molecule has 0 atom stereocenters. The number of nitrogens with zero attached hydrogens (tertiary/aromatic N) is 1. The Morgan fingerprint density at radius 1 is 1.33 bits per heavy atom. The van der Waals surface area contributed by atoms with Gasteiger partial charge in [0.25, 0.3) is 5.91 Å². The number of carbonyl (C=O) groups is 1. The standard InChI is InChI=1S/C15H14ClFN2O2/c1-9(2)21-13-5-3-10(7-12(13)17)15(20)19-11-4-6-14(16)18-8-11/h3-9H,1-2H3,(H,19,20). The molecule has 0 unspecified atom stereocenters. The summed E-state index contributed by atoms with van der Waals surface area (Å²) in [7, 11) is 0. The van der Waals surface area contributed by atoms with Crippen LogP contribution < -0.4 is 10.1 Å². The van der Waals surface area contributed by atoms with Gasteiger partial charge in [0.05, 0.1) is 18.0 Å². The molecule has 4 nitrogen and oxygen atoms in total. The van der Waals surface area contributed by atoms with Gasteiger partial charge in [-0.05, 0) is 44.2 Å². The smallest absolute Gasteiger partial charge is 0.255 e. The Balaban J connectivity index is 2.12. The van der Waals surface area contributed by atoms with Crippen molar-refractivity contribution in [1.29, 1.82) is 0 Å². The summed E-state index contributed by atoms with van der Waals surface area (Å²) in [4.78, 5) is 15.9. The van der Waals surface area contributed by atoms with Crippen LogP contribution in [0.1, 0.15) is 24.2 Å². The van der Waals surface area contributed by atoms with Gasteiger partial charge in [0, 0.05) is 5.56 Å². The first-order valence-electron chi connectivity index (χ1n) is 6.35. The first-order valence-corrected chi connectivity index (χ1v) is 6.72. The van der Waals surface area contributed by atoms with Crippen molar-refractivity contribution in [2.75, 3.05) is 5.32 Å². The van der Waals surface area contributed by atoms with Crippen molar-refractivity contribution >= 4 is 23.2 Å². The molecule has 0 saturated heterocycles. The van der Waals surface area contributed by atoms with E-state index < -0.39 is 11.7 Å². The number of halogens is 2. The van der Waals surface area contributed by atoms with E-state index in [2.05, 4.69) is 10.3 Å². The predicted octanol–water partition coefficient (Wildman–Crippen LogP) is 3.91. The van der Waals surface area contributed by atoms with Crippen LogP contribution in [-0.4, -0.2) is 17.0 Å². The quantitative estimate of drug-likeness (QED) is 0.871. The van der Waals surface area contributed by atoms with E-state index in [1.807, 2.05) is 0 Å². The van der Waals surface area contributed by atoms with Gasteiger partial charge in [-0.3, -0.25) is 4.79 Å². The van der Waals surface area contributed by atoms with Crippen LogP contribution in [0.3, 0.4) is 0 Å². The molecule has 2 rings (SSSR count). The fourth-order valence-electron chi connectivity index (χ4n) is 1.64. The normalized spacial score (nSPS) is 10.5. The van der Waals surface area contributed by atoms with E-state index >= 15 is 0 Å². The SMILES string of the molecule is CC(C)Oc1ccc(C(=O)Nc2ccc(Cl)nc2)cc1F. The molecule has 1 aromatic heterocycles. The van der Waals surface area contributed by atoms with E-state index in [-0.39, 0.29) is 17.4 Å². The van der Waals surface area contributed by atoms with Crippen molar-refractivity contribution in [3.8, 4) is 5.75 Å². The molecule has 21 heavy (non-hydrogen) atoms. The molecule has 0 aliphatic heterocycles. The summed E-state index contributed by atoms with van der Waals surface area (Å²) >= 11 is 5.66. The van der Waals surface area contributed by atoms with Crippen LogP contribution >= 0.6 is 11.6 Å². The number of aromatic nitrogens is 1. The molecular formula is C15H14ClFN2O2. The Bertz CT molecular complexity index is 645. The zero-order chi connectivity index (χ0) is 15.4. The minimum atomic E-state index is -0.578. The number of ether oxygens (including phenoxy) is 1. The summed E-state index contributed by atoms with van der Waals surface area (Å²) in [5.74, 6) is -0.894. The van der Waals surface area contributed by atoms with Crippen LogP contribution in [0.5, 0.6) is 5.75 Å². The summed E-state index contributed by atoms with van der Waals surface area (Å²) in [5, 5.41) is 2.93. The van der Waals surface area contributed by atoms with Crippen LogP contribution in [0.25, 0.3) is 0 Å². The summed E-state index contributed by atoms with van der Waals surface area (Å²) in [6.07, 6.45) is 1.28. The van der Waals surface area contributed by atoms with Crippen molar-refractivity contribution < 1.29 is 13.9 Å². The van der Waals surface area contributed by atoms with Crippen molar-refractivity contribution in [1.82, 2.24) is 4.98 Å². The summed E-state index contributed by atoms with van der Waals surface area (Å²) < 4.78 is 19.1. The van der Waals surface area contributed by atoms with Gasteiger partial charge in [-0.1, -0.05) is 11.6 Å². The van der Waals surface area contributed by atoms with Crippen LogP contribution in [0, 0.1) is 5.82 Å². The molecule has 0 radical (unpaired) electrons. The molecule has 0 aliphatic carbocycles. The maximum Gasteiger partial charge on any atom is 0.255 e. The Labute approximate surface area is 126 Å². The molecule has 6 heteroatoms. The van der Waals surface area contributed by atoms with Gasteiger partial charge >= 0.3 is 0 Å². The number of carbonyl (C=O) groups excluding carboxylic acids is 1. The first kappa shape index (κ1) is 15.3. The van der Waals surface area contributed by atoms with Crippen molar-refractivity contribution in [2.45, 2.75) is 20.0 Å². The monoisotopic (exact) mass is 308 g/mol. The minimum absolute atomic E-state index is 0.120. The first-order chi connectivity index (χ1) is 9.95. The van der Waals surface area contributed by atoms with E-state index in [1.165, 1.54) is 18.3 Å². The number of nitrogens with one attached hydrogen (secondary N) is 1. The lowest BCUT2D eigenvalue weighted by atomic mass is 10.2. The number of benzene rings is 1. The van der Waals surface area contributed by atoms with Gasteiger partial charge < -0.3 is 10.1 Å². The van der Waals surface area contributed by atoms with Gasteiger partial charge in [-0.15, -0.1) is 0 Å². The maximum atomic E-state index is 13.8. The molecule has 1 heterocycles. The minimum Gasteiger partial charge on any atom is -0.488 e. The van der Waals surface area contributed by atoms with Crippen LogP contribution in [-0.2, 0) is 0 Å². The second-order valence-electron chi connectivity index (χ2n) is 4.64. The number of rotatable bonds is 4. The summed E-state index contributed by atoms with van der Waals surface area (Å²) in [5.41, 5.74) is 0.672. The number of pyridine rings is 1. The summed E-state index contributed by atoms with van der Waals surface area (Å²) in [6.45, 7) is 3.60. The van der Waals surface area contributed by atoms with Gasteiger partial charge in [-0.25, -0.2) is 9.37 Å². The molecule has 2 aromatic rings. The zero-order valence-electron chi connectivity index (χ0n) is 11.6. The predicted molar refractivity (Wildman–Crippen MR) is 79.4 cm³/mol. The van der Waals surface area contributed by atoms with Gasteiger partial charge in [0.2, 0.25) is 0 Å². The molecule has 0 fully saturated rings. The Hall–Kier alpha value is -2.14. The van der Waals surface area contributed by atoms with Gasteiger partial charge in [0.1, 0.15) is 5.15 Å². The number of amides is 1. The average molecular weight is 309 g/mol. The molecule has 0 aliphatic rings.